The molecule has 1 heterocycles. The third-order valence-corrected chi connectivity index (χ3v) is 4.81. The first kappa shape index (κ1) is 22.1. The zero-order valence-electron chi connectivity index (χ0n) is 17.7. The van der Waals surface area contributed by atoms with E-state index in [0.717, 1.165) is 0 Å². The molecule has 2 aromatic carbocycles. The smallest absolute Gasteiger partial charge is 0.411 e. The summed E-state index contributed by atoms with van der Waals surface area (Å²) in [5, 5.41) is 10.00. The largest absolute Gasteiger partial charge is 0.480 e. The van der Waals surface area contributed by atoms with Gasteiger partial charge in [-0.1, -0.05) is 36.4 Å². The van der Waals surface area contributed by atoms with Crippen LogP contribution in [-0.4, -0.2) is 39.6 Å². The highest BCUT2D eigenvalue weighted by atomic mass is 16.6. The minimum Gasteiger partial charge on any atom is -0.480 e. The third kappa shape index (κ3) is 4.96. The standard InChI is InChI=1S/C23H26N2O6/c1-23(2,3)31-22(29)25(16(21(27)28)12-13-19(24)26)20-14-8-4-6-10-17(14)30-18-11-7-5-9-15(18)20/h4-11,16,20H,12-13H2,1-3H3,(H2,24,26)(H,27,28)/t16-/m0/s1. The number of fused-ring (bicyclic) bond motifs is 2. The van der Waals surface area contributed by atoms with Crippen molar-refractivity contribution in [2.45, 2.75) is 51.3 Å². The molecule has 0 saturated carbocycles. The van der Waals surface area contributed by atoms with E-state index in [9.17, 15) is 19.5 Å². The molecule has 1 aliphatic heterocycles. The average Bonchev–Trinajstić information content (AvgIpc) is 2.68. The van der Waals surface area contributed by atoms with E-state index in [0.29, 0.717) is 22.6 Å². The van der Waals surface area contributed by atoms with E-state index < -0.39 is 35.7 Å². The topological polar surface area (TPSA) is 119 Å². The lowest BCUT2D eigenvalue weighted by Crippen LogP contribution is -2.50. The molecular weight excluding hydrogens is 400 g/mol. The first-order chi connectivity index (χ1) is 14.6. The van der Waals surface area contributed by atoms with Gasteiger partial charge in [0.05, 0.1) is 6.04 Å². The van der Waals surface area contributed by atoms with E-state index in [2.05, 4.69) is 0 Å². The van der Waals surface area contributed by atoms with Gasteiger partial charge in [0.2, 0.25) is 5.91 Å². The molecule has 0 aromatic heterocycles. The van der Waals surface area contributed by atoms with Gasteiger partial charge in [-0.15, -0.1) is 0 Å². The fourth-order valence-electron chi connectivity index (χ4n) is 3.57. The molecule has 164 valence electrons. The molecule has 3 N–H and O–H groups in total. The quantitative estimate of drug-likeness (QED) is 0.724. The second kappa shape index (κ2) is 8.67. The van der Waals surface area contributed by atoms with Crippen molar-refractivity contribution in [1.82, 2.24) is 4.90 Å². The molecule has 2 aromatic rings. The number of para-hydroxylation sites is 2. The molecule has 1 aliphatic rings. The molecule has 0 spiro atoms. The van der Waals surface area contributed by atoms with Gasteiger partial charge < -0.3 is 20.3 Å². The molecule has 2 amide bonds. The first-order valence-corrected chi connectivity index (χ1v) is 9.96. The second-order valence-electron chi connectivity index (χ2n) is 8.33. The van der Waals surface area contributed by atoms with Crippen molar-refractivity contribution in [1.29, 1.82) is 0 Å². The fraction of sp³-hybridized carbons (Fsp3) is 0.348. The van der Waals surface area contributed by atoms with Crippen LogP contribution in [0.2, 0.25) is 0 Å². The summed E-state index contributed by atoms with van der Waals surface area (Å²) in [7, 11) is 0. The molecule has 0 radical (unpaired) electrons. The van der Waals surface area contributed by atoms with E-state index in [1.54, 1.807) is 69.3 Å². The summed E-state index contributed by atoms with van der Waals surface area (Å²) >= 11 is 0. The molecule has 1 atom stereocenters. The molecule has 8 nitrogen and oxygen atoms in total. The normalized spacial score (nSPS) is 13.9. The van der Waals surface area contributed by atoms with Gasteiger partial charge in [0.1, 0.15) is 23.1 Å². The van der Waals surface area contributed by atoms with Gasteiger partial charge in [0.15, 0.2) is 0 Å². The highest BCUT2D eigenvalue weighted by molar-refractivity contribution is 5.82. The van der Waals surface area contributed by atoms with Crippen LogP contribution in [0.1, 0.15) is 50.8 Å². The Kier molecular flexibility index (Phi) is 6.19. The number of hydrogen-bond donors (Lipinski definition) is 2. The Morgan fingerprint density at radius 2 is 1.58 bits per heavy atom. The number of amides is 2. The number of carboxylic acids is 1. The summed E-state index contributed by atoms with van der Waals surface area (Å²) in [6.07, 6.45) is -1.14. The number of nitrogens with zero attached hydrogens (tertiary/aromatic N) is 1. The summed E-state index contributed by atoms with van der Waals surface area (Å²) in [4.78, 5) is 38.2. The lowest BCUT2D eigenvalue weighted by molar-refractivity contribution is -0.144. The summed E-state index contributed by atoms with van der Waals surface area (Å²) in [5.41, 5.74) is 5.65. The number of rotatable bonds is 6. The van der Waals surface area contributed by atoms with Crippen molar-refractivity contribution in [3.63, 3.8) is 0 Å². The van der Waals surface area contributed by atoms with E-state index in [1.807, 2.05) is 0 Å². The lowest BCUT2D eigenvalue weighted by Gasteiger charge is -2.40. The van der Waals surface area contributed by atoms with Crippen LogP contribution in [-0.2, 0) is 14.3 Å². The van der Waals surface area contributed by atoms with Gasteiger partial charge in [-0.3, -0.25) is 9.69 Å². The van der Waals surface area contributed by atoms with Crippen LogP contribution in [0.25, 0.3) is 0 Å². The average molecular weight is 426 g/mol. The number of carbonyl (C=O) groups excluding carboxylic acids is 2. The van der Waals surface area contributed by atoms with Gasteiger partial charge in [0, 0.05) is 17.5 Å². The van der Waals surface area contributed by atoms with Crippen LogP contribution >= 0.6 is 0 Å². The SMILES string of the molecule is CC(C)(C)OC(=O)N(C1c2ccccc2Oc2ccccc21)[C@@H](CCC(N)=O)C(=O)O. The molecule has 8 heteroatoms. The predicted molar refractivity (Wildman–Crippen MR) is 113 cm³/mol. The van der Waals surface area contributed by atoms with Crippen molar-refractivity contribution in [2.75, 3.05) is 0 Å². The van der Waals surface area contributed by atoms with Gasteiger partial charge in [-0.05, 0) is 39.3 Å². The van der Waals surface area contributed by atoms with Crippen molar-refractivity contribution >= 4 is 18.0 Å². The molecule has 0 saturated heterocycles. The van der Waals surface area contributed by atoms with Crippen molar-refractivity contribution in [3.8, 4) is 11.5 Å². The number of nitrogens with two attached hydrogens (primary N) is 1. The number of primary amides is 1. The van der Waals surface area contributed by atoms with Crippen LogP contribution in [0, 0.1) is 0 Å². The van der Waals surface area contributed by atoms with Crippen LogP contribution in [0.5, 0.6) is 11.5 Å². The number of carbonyl (C=O) groups is 3. The molecule has 0 aliphatic carbocycles. The Balaban J connectivity index is 2.18. The highest BCUT2D eigenvalue weighted by Gasteiger charge is 2.42. The maximum Gasteiger partial charge on any atom is 0.411 e. The zero-order chi connectivity index (χ0) is 22.8. The summed E-state index contributed by atoms with van der Waals surface area (Å²) in [6.45, 7) is 5.11. The molecule has 0 fully saturated rings. The van der Waals surface area contributed by atoms with E-state index in [-0.39, 0.29) is 12.8 Å². The predicted octanol–water partition coefficient (Wildman–Crippen LogP) is 3.84. The summed E-state index contributed by atoms with van der Waals surface area (Å²) < 4.78 is 11.6. The second-order valence-corrected chi connectivity index (χ2v) is 8.33. The van der Waals surface area contributed by atoms with E-state index in [1.165, 1.54) is 4.90 Å². The minimum absolute atomic E-state index is 0.147. The molecule has 0 unspecified atom stereocenters. The Bertz CT molecular complexity index is 952. The summed E-state index contributed by atoms with van der Waals surface area (Å²) in [6, 6.07) is 12.1. The maximum atomic E-state index is 13.4. The molecule has 0 bridgehead atoms. The third-order valence-electron chi connectivity index (χ3n) is 4.81. The van der Waals surface area contributed by atoms with Crippen LogP contribution in [0.15, 0.2) is 48.5 Å². The Morgan fingerprint density at radius 1 is 1.06 bits per heavy atom. The van der Waals surface area contributed by atoms with Gasteiger partial charge >= 0.3 is 12.1 Å². The number of benzene rings is 2. The van der Waals surface area contributed by atoms with Crippen LogP contribution in [0.4, 0.5) is 4.79 Å². The monoisotopic (exact) mass is 426 g/mol. The van der Waals surface area contributed by atoms with Crippen molar-refractivity contribution < 1.29 is 29.0 Å². The van der Waals surface area contributed by atoms with Gasteiger partial charge in [0.25, 0.3) is 0 Å². The minimum atomic E-state index is -1.34. The molecule has 31 heavy (non-hydrogen) atoms. The van der Waals surface area contributed by atoms with E-state index in [4.69, 9.17) is 15.2 Å². The first-order valence-electron chi connectivity index (χ1n) is 9.96. The van der Waals surface area contributed by atoms with Crippen LogP contribution in [0.3, 0.4) is 0 Å². The van der Waals surface area contributed by atoms with E-state index >= 15 is 0 Å². The Labute approximate surface area is 180 Å². The highest BCUT2D eigenvalue weighted by Crippen LogP contribution is 2.46. The number of hydrogen-bond acceptors (Lipinski definition) is 5. The number of ether oxygens (including phenoxy) is 2. The number of carboxylic acid groups (broad SMARTS) is 1. The Hall–Kier alpha value is -3.55. The number of aliphatic carboxylic acids is 1. The fourth-order valence-corrected chi connectivity index (χ4v) is 3.57. The summed E-state index contributed by atoms with van der Waals surface area (Å²) in [5.74, 6) is -0.880. The maximum absolute atomic E-state index is 13.4. The van der Waals surface area contributed by atoms with Crippen molar-refractivity contribution in [3.05, 3.63) is 59.7 Å². The van der Waals surface area contributed by atoms with Crippen LogP contribution < -0.4 is 10.5 Å². The van der Waals surface area contributed by atoms with Crippen molar-refractivity contribution in [2.24, 2.45) is 5.73 Å². The van der Waals surface area contributed by atoms with Gasteiger partial charge in [-0.2, -0.15) is 0 Å². The van der Waals surface area contributed by atoms with Gasteiger partial charge in [-0.25, -0.2) is 9.59 Å². The lowest BCUT2D eigenvalue weighted by atomic mass is 9.91. The zero-order valence-corrected chi connectivity index (χ0v) is 17.7. The molecule has 3 rings (SSSR count). The molecular formula is C23H26N2O6. The Morgan fingerprint density at radius 3 is 2.03 bits per heavy atom.